The summed E-state index contributed by atoms with van der Waals surface area (Å²) >= 11 is 1.33. The Bertz CT molecular complexity index is 1330. The van der Waals surface area contributed by atoms with E-state index in [1.807, 2.05) is 0 Å². The first kappa shape index (κ1) is 20.5. The summed E-state index contributed by atoms with van der Waals surface area (Å²) in [6.07, 6.45) is 3.14. The number of amides is 1. The Morgan fingerprint density at radius 3 is 2.74 bits per heavy atom. The molecule has 0 aliphatic carbocycles. The van der Waals surface area contributed by atoms with Crippen molar-refractivity contribution in [3.05, 3.63) is 58.3 Å². The summed E-state index contributed by atoms with van der Waals surface area (Å²) in [6, 6.07) is 7.00. The van der Waals surface area contributed by atoms with Crippen molar-refractivity contribution in [3.8, 4) is 17.7 Å². The zero-order valence-corrected chi connectivity index (χ0v) is 17.9. The van der Waals surface area contributed by atoms with Crippen molar-refractivity contribution >= 4 is 34.1 Å². The summed E-state index contributed by atoms with van der Waals surface area (Å²) in [7, 11) is 3.33. The summed E-state index contributed by atoms with van der Waals surface area (Å²) in [4.78, 5) is 26.4. The summed E-state index contributed by atoms with van der Waals surface area (Å²) in [5.74, 6) is 6.13. The van der Waals surface area contributed by atoms with E-state index in [1.54, 1.807) is 56.9 Å². The standard InChI is InChI=1S/C21H19N7O2S/c1-21(30,19-23-10-11-31-19)8-6-13-4-5-14-15(12-13)28(16-7-9-24-20(22)25-16)26-17(14)18(29)27(2)3/h4-5,7,9-12,30H,1-3H3,(H2,22,24,25). The van der Waals surface area contributed by atoms with E-state index in [0.29, 0.717) is 27.3 Å². The molecule has 0 spiro atoms. The van der Waals surface area contributed by atoms with Crippen molar-refractivity contribution in [1.82, 2.24) is 29.6 Å². The summed E-state index contributed by atoms with van der Waals surface area (Å²) in [5, 5.41) is 18.1. The minimum absolute atomic E-state index is 0.0945. The molecule has 1 atom stereocenters. The molecule has 3 heterocycles. The lowest BCUT2D eigenvalue weighted by Gasteiger charge is -2.11. The zero-order chi connectivity index (χ0) is 22.2. The van der Waals surface area contributed by atoms with E-state index >= 15 is 0 Å². The Balaban J connectivity index is 1.86. The molecule has 0 bridgehead atoms. The Kier molecular flexibility index (Phi) is 5.14. The fourth-order valence-electron chi connectivity index (χ4n) is 2.93. The monoisotopic (exact) mass is 433 g/mol. The second kappa shape index (κ2) is 7.79. The van der Waals surface area contributed by atoms with Gasteiger partial charge in [-0.05, 0) is 25.1 Å². The van der Waals surface area contributed by atoms with E-state index < -0.39 is 5.60 Å². The van der Waals surface area contributed by atoms with E-state index in [9.17, 15) is 9.90 Å². The minimum Gasteiger partial charge on any atom is -0.371 e. The maximum Gasteiger partial charge on any atom is 0.274 e. The van der Waals surface area contributed by atoms with Crippen molar-refractivity contribution < 1.29 is 9.90 Å². The van der Waals surface area contributed by atoms with E-state index in [0.717, 1.165) is 0 Å². The number of anilines is 1. The molecule has 3 N–H and O–H groups in total. The maximum atomic E-state index is 12.7. The fourth-order valence-corrected chi connectivity index (χ4v) is 3.58. The van der Waals surface area contributed by atoms with Crippen molar-refractivity contribution in [2.24, 2.45) is 0 Å². The normalized spacial score (nSPS) is 12.8. The number of aromatic nitrogens is 5. The predicted octanol–water partition coefficient (Wildman–Crippen LogP) is 1.82. The topological polar surface area (TPSA) is 123 Å². The molecule has 156 valence electrons. The Labute approximate surface area is 182 Å². The number of hydrogen-bond donors (Lipinski definition) is 2. The van der Waals surface area contributed by atoms with Crippen molar-refractivity contribution in [1.29, 1.82) is 0 Å². The molecular weight excluding hydrogens is 414 g/mol. The van der Waals surface area contributed by atoms with Gasteiger partial charge in [-0.25, -0.2) is 14.6 Å². The molecule has 0 saturated carbocycles. The molecule has 0 fully saturated rings. The second-order valence-electron chi connectivity index (χ2n) is 7.12. The molecule has 10 heteroatoms. The number of fused-ring (bicyclic) bond motifs is 1. The SMILES string of the molecule is CN(C)C(=O)c1nn(-c2ccnc(N)n2)c2cc(C#CC(C)(O)c3nccs3)ccc12. The highest BCUT2D eigenvalue weighted by molar-refractivity contribution is 7.09. The van der Waals surface area contributed by atoms with Gasteiger partial charge in [0.1, 0.15) is 5.01 Å². The Morgan fingerprint density at radius 2 is 2.06 bits per heavy atom. The highest BCUT2D eigenvalue weighted by Gasteiger charge is 2.23. The van der Waals surface area contributed by atoms with E-state index in [-0.39, 0.29) is 17.5 Å². The van der Waals surface area contributed by atoms with Gasteiger partial charge in [0.05, 0.1) is 5.52 Å². The number of nitrogens with two attached hydrogens (primary N) is 1. The number of aliphatic hydroxyl groups is 1. The Morgan fingerprint density at radius 1 is 1.26 bits per heavy atom. The molecule has 3 aromatic heterocycles. The third-order valence-electron chi connectivity index (χ3n) is 4.47. The van der Waals surface area contributed by atoms with Gasteiger partial charge in [0.2, 0.25) is 5.95 Å². The van der Waals surface area contributed by atoms with Crippen LogP contribution in [0.1, 0.15) is 28.0 Å². The van der Waals surface area contributed by atoms with Crippen LogP contribution >= 0.6 is 11.3 Å². The van der Waals surface area contributed by atoms with Crippen LogP contribution in [0.2, 0.25) is 0 Å². The molecule has 0 aliphatic rings. The Hall–Kier alpha value is -3.81. The minimum atomic E-state index is -1.38. The van der Waals surface area contributed by atoms with Crippen LogP contribution in [0.5, 0.6) is 0 Å². The summed E-state index contributed by atoms with van der Waals surface area (Å²) in [6.45, 7) is 1.60. The average molecular weight is 433 g/mol. The molecule has 31 heavy (non-hydrogen) atoms. The van der Waals surface area contributed by atoms with E-state index in [1.165, 1.54) is 27.1 Å². The van der Waals surface area contributed by atoms with E-state index in [2.05, 4.69) is 31.9 Å². The molecule has 9 nitrogen and oxygen atoms in total. The van der Waals surface area contributed by atoms with Gasteiger partial charge in [0.25, 0.3) is 5.91 Å². The van der Waals surface area contributed by atoms with Crippen LogP contribution < -0.4 is 5.73 Å². The van der Waals surface area contributed by atoms with Gasteiger partial charge in [0, 0.05) is 48.9 Å². The lowest BCUT2D eigenvalue weighted by Crippen LogP contribution is -2.22. The lowest BCUT2D eigenvalue weighted by atomic mass is 10.1. The number of carbonyl (C=O) groups is 1. The van der Waals surface area contributed by atoms with Crippen molar-refractivity contribution in [2.45, 2.75) is 12.5 Å². The van der Waals surface area contributed by atoms with Crippen LogP contribution in [0.25, 0.3) is 16.7 Å². The smallest absolute Gasteiger partial charge is 0.274 e. The predicted molar refractivity (Wildman–Crippen MR) is 118 cm³/mol. The molecule has 4 aromatic rings. The van der Waals surface area contributed by atoms with Crippen LogP contribution in [0.3, 0.4) is 0 Å². The maximum absolute atomic E-state index is 12.7. The van der Waals surface area contributed by atoms with Gasteiger partial charge < -0.3 is 15.7 Å². The first-order chi connectivity index (χ1) is 14.8. The zero-order valence-electron chi connectivity index (χ0n) is 17.1. The quantitative estimate of drug-likeness (QED) is 0.472. The van der Waals surface area contributed by atoms with Crippen molar-refractivity contribution in [3.63, 3.8) is 0 Å². The fraction of sp³-hybridized carbons (Fsp3) is 0.190. The number of nitrogen functional groups attached to an aromatic ring is 1. The highest BCUT2D eigenvalue weighted by atomic mass is 32.1. The van der Waals surface area contributed by atoms with Crippen LogP contribution in [0, 0.1) is 11.8 Å². The van der Waals surface area contributed by atoms with Gasteiger partial charge in [-0.15, -0.1) is 11.3 Å². The van der Waals surface area contributed by atoms with Crippen LogP contribution in [-0.4, -0.2) is 54.7 Å². The van der Waals surface area contributed by atoms with Crippen LogP contribution in [0.4, 0.5) is 5.95 Å². The van der Waals surface area contributed by atoms with Gasteiger partial charge in [-0.1, -0.05) is 11.8 Å². The number of benzene rings is 1. The van der Waals surface area contributed by atoms with Crippen molar-refractivity contribution in [2.75, 3.05) is 19.8 Å². The number of thiazole rings is 1. The molecule has 4 rings (SSSR count). The van der Waals surface area contributed by atoms with E-state index in [4.69, 9.17) is 5.73 Å². The lowest BCUT2D eigenvalue weighted by molar-refractivity contribution is 0.0823. The van der Waals surface area contributed by atoms with Crippen LogP contribution in [0.15, 0.2) is 42.0 Å². The van der Waals surface area contributed by atoms with Gasteiger partial charge in [0.15, 0.2) is 17.1 Å². The first-order valence-electron chi connectivity index (χ1n) is 9.25. The third kappa shape index (κ3) is 3.96. The average Bonchev–Trinajstić information content (AvgIpc) is 3.40. The van der Waals surface area contributed by atoms with Gasteiger partial charge in [-0.2, -0.15) is 10.1 Å². The number of hydrogen-bond acceptors (Lipinski definition) is 8. The molecule has 1 aromatic carbocycles. The number of rotatable bonds is 3. The molecular formula is C21H19N7O2S. The second-order valence-corrected chi connectivity index (χ2v) is 8.02. The van der Waals surface area contributed by atoms with Crippen LogP contribution in [-0.2, 0) is 5.60 Å². The first-order valence-corrected chi connectivity index (χ1v) is 10.1. The molecule has 1 unspecified atom stereocenters. The highest BCUT2D eigenvalue weighted by Crippen LogP contribution is 2.25. The largest absolute Gasteiger partial charge is 0.371 e. The molecule has 0 aliphatic heterocycles. The number of carbonyl (C=O) groups excluding carboxylic acids is 1. The molecule has 0 saturated heterocycles. The molecule has 1 amide bonds. The summed E-state index contributed by atoms with van der Waals surface area (Å²) in [5.41, 5.74) is 5.90. The third-order valence-corrected chi connectivity index (χ3v) is 5.45. The summed E-state index contributed by atoms with van der Waals surface area (Å²) < 4.78 is 1.54. The van der Waals surface area contributed by atoms with Gasteiger partial charge >= 0.3 is 0 Å². The molecule has 0 radical (unpaired) electrons. The van der Waals surface area contributed by atoms with Gasteiger partial charge in [-0.3, -0.25) is 4.79 Å². The number of nitrogens with zero attached hydrogens (tertiary/aromatic N) is 6.